The minimum absolute atomic E-state index is 0.0401. The molecule has 2 unspecified atom stereocenters. The molecule has 3 rings (SSSR count). The summed E-state index contributed by atoms with van der Waals surface area (Å²) in [5.74, 6) is 1.46. The number of amides is 1. The zero-order valence-electron chi connectivity index (χ0n) is 16.2. The van der Waals surface area contributed by atoms with Crippen LogP contribution in [0.5, 0.6) is 0 Å². The van der Waals surface area contributed by atoms with E-state index in [0.717, 1.165) is 37.9 Å². The van der Waals surface area contributed by atoms with Crippen LogP contribution in [-0.4, -0.2) is 33.4 Å². The van der Waals surface area contributed by atoms with Gasteiger partial charge in [0.2, 0.25) is 5.91 Å². The van der Waals surface area contributed by atoms with Crippen molar-refractivity contribution in [1.82, 2.24) is 14.5 Å². The van der Waals surface area contributed by atoms with Crippen molar-refractivity contribution < 1.29 is 4.79 Å². The molecule has 0 bridgehead atoms. The molecular weight excluding hydrogens is 358 g/mol. The lowest BCUT2D eigenvalue weighted by Crippen LogP contribution is -2.42. The van der Waals surface area contributed by atoms with E-state index < -0.39 is 0 Å². The Morgan fingerprint density at radius 3 is 2.59 bits per heavy atom. The van der Waals surface area contributed by atoms with Crippen LogP contribution >= 0.6 is 12.2 Å². The van der Waals surface area contributed by atoms with Gasteiger partial charge in [-0.25, -0.2) is 0 Å². The summed E-state index contributed by atoms with van der Waals surface area (Å²) in [5.41, 5.74) is 0.737. The van der Waals surface area contributed by atoms with Gasteiger partial charge in [0.1, 0.15) is 0 Å². The number of hydrogen-bond acceptors (Lipinski definition) is 3. The van der Waals surface area contributed by atoms with E-state index >= 15 is 0 Å². The Hall–Kier alpha value is -1.95. The second kappa shape index (κ2) is 8.83. The standard InChI is InChI=1S/C21H29N3O2S/c1-15-12-16(2)14-23(13-15)19(25)10-4-3-7-11-24-20(26)17-8-5-6-9-18(17)22-21(24)27/h5-6,8-9,15-16H,3-4,7,10-14H2,1-2H3,(H,22,27). The number of aromatic amines is 1. The van der Waals surface area contributed by atoms with Gasteiger partial charge in [0.15, 0.2) is 4.77 Å². The summed E-state index contributed by atoms with van der Waals surface area (Å²) < 4.78 is 2.10. The van der Waals surface area contributed by atoms with Crippen molar-refractivity contribution in [3.63, 3.8) is 0 Å². The van der Waals surface area contributed by atoms with E-state index in [0.29, 0.717) is 35.0 Å². The molecule has 0 aliphatic carbocycles. The minimum atomic E-state index is -0.0401. The van der Waals surface area contributed by atoms with Gasteiger partial charge in [0.05, 0.1) is 10.9 Å². The lowest BCUT2D eigenvalue weighted by atomic mass is 9.91. The molecule has 0 saturated carbocycles. The predicted molar refractivity (Wildman–Crippen MR) is 111 cm³/mol. The van der Waals surface area contributed by atoms with Crippen molar-refractivity contribution in [1.29, 1.82) is 0 Å². The zero-order chi connectivity index (χ0) is 19.4. The maximum absolute atomic E-state index is 12.6. The molecular formula is C21H29N3O2S. The van der Waals surface area contributed by atoms with Gasteiger partial charge >= 0.3 is 0 Å². The van der Waals surface area contributed by atoms with Gasteiger partial charge in [-0.1, -0.05) is 32.4 Å². The maximum atomic E-state index is 12.6. The van der Waals surface area contributed by atoms with Gasteiger partial charge in [-0.05, 0) is 55.4 Å². The van der Waals surface area contributed by atoms with Gasteiger partial charge in [-0.3, -0.25) is 14.2 Å². The van der Waals surface area contributed by atoms with E-state index in [-0.39, 0.29) is 11.5 Å². The van der Waals surface area contributed by atoms with Gasteiger partial charge < -0.3 is 9.88 Å². The number of aromatic nitrogens is 2. The fourth-order valence-electron chi connectivity index (χ4n) is 4.15. The van der Waals surface area contributed by atoms with Crippen molar-refractivity contribution in [2.24, 2.45) is 11.8 Å². The summed E-state index contributed by atoms with van der Waals surface area (Å²) in [7, 11) is 0. The summed E-state index contributed by atoms with van der Waals surface area (Å²) in [6.45, 7) is 6.82. The van der Waals surface area contributed by atoms with Crippen LogP contribution in [0.1, 0.15) is 46.0 Å². The Morgan fingerprint density at radius 1 is 1.15 bits per heavy atom. The summed E-state index contributed by atoms with van der Waals surface area (Å²) in [6.07, 6.45) is 4.43. The molecule has 2 heterocycles. The van der Waals surface area contributed by atoms with Crippen molar-refractivity contribution in [3.05, 3.63) is 39.4 Å². The first kappa shape index (κ1) is 19.8. The Bertz CT molecular complexity index is 908. The van der Waals surface area contributed by atoms with Crippen molar-refractivity contribution in [3.8, 4) is 0 Å². The van der Waals surface area contributed by atoms with Crippen molar-refractivity contribution >= 4 is 29.0 Å². The normalized spacial score (nSPS) is 20.1. The number of para-hydroxylation sites is 1. The fourth-order valence-corrected chi connectivity index (χ4v) is 4.43. The Labute approximate surface area is 165 Å². The lowest BCUT2D eigenvalue weighted by molar-refractivity contribution is -0.134. The molecule has 1 aliphatic heterocycles. The average Bonchev–Trinajstić information content (AvgIpc) is 2.62. The largest absolute Gasteiger partial charge is 0.342 e. The van der Waals surface area contributed by atoms with E-state index in [1.807, 2.05) is 29.2 Å². The third-order valence-corrected chi connectivity index (χ3v) is 5.71. The quantitative estimate of drug-likeness (QED) is 0.599. The molecule has 27 heavy (non-hydrogen) atoms. The van der Waals surface area contributed by atoms with E-state index in [2.05, 4.69) is 18.8 Å². The number of carbonyl (C=O) groups is 1. The van der Waals surface area contributed by atoms with E-state index in [9.17, 15) is 9.59 Å². The highest BCUT2D eigenvalue weighted by Gasteiger charge is 2.24. The first-order chi connectivity index (χ1) is 13.0. The third kappa shape index (κ3) is 4.86. The molecule has 6 heteroatoms. The number of benzene rings is 1. The summed E-state index contributed by atoms with van der Waals surface area (Å²) in [6, 6.07) is 7.43. The van der Waals surface area contributed by atoms with Gasteiger partial charge in [-0.2, -0.15) is 0 Å². The van der Waals surface area contributed by atoms with Crippen LogP contribution in [0.4, 0.5) is 0 Å². The summed E-state index contributed by atoms with van der Waals surface area (Å²) in [5, 5.41) is 0.662. The number of rotatable bonds is 6. The SMILES string of the molecule is CC1CC(C)CN(C(=O)CCCCCn2c(=S)[nH]c3ccccc3c2=O)C1. The average molecular weight is 388 g/mol. The lowest BCUT2D eigenvalue weighted by Gasteiger charge is -2.35. The van der Waals surface area contributed by atoms with Gasteiger partial charge in [0.25, 0.3) is 5.56 Å². The van der Waals surface area contributed by atoms with Crippen LogP contribution in [0.3, 0.4) is 0 Å². The van der Waals surface area contributed by atoms with Crippen LogP contribution in [-0.2, 0) is 11.3 Å². The Balaban J connectivity index is 1.49. The smallest absolute Gasteiger partial charge is 0.262 e. The van der Waals surface area contributed by atoms with Gasteiger partial charge in [0, 0.05) is 26.1 Å². The van der Waals surface area contributed by atoms with Crippen molar-refractivity contribution in [2.45, 2.75) is 52.5 Å². The first-order valence-corrected chi connectivity index (χ1v) is 10.4. The highest BCUT2D eigenvalue weighted by atomic mass is 32.1. The number of unbranched alkanes of at least 4 members (excludes halogenated alkanes) is 2. The summed E-state index contributed by atoms with van der Waals surface area (Å²) >= 11 is 5.34. The molecule has 1 aromatic carbocycles. The van der Waals surface area contributed by atoms with E-state index in [4.69, 9.17) is 12.2 Å². The molecule has 2 aromatic rings. The van der Waals surface area contributed by atoms with E-state index in [1.165, 1.54) is 6.42 Å². The molecule has 1 aliphatic rings. The second-order valence-electron chi connectivity index (χ2n) is 7.99. The molecule has 1 amide bonds. The molecule has 0 spiro atoms. The highest BCUT2D eigenvalue weighted by molar-refractivity contribution is 7.71. The van der Waals surface area contributed by atoms with E-state index in [1.54, 1.807) is 4.57 Å². The molecule has 146 valence electrons. The summed E-state index contributed by atoms with van der Waals surface area (Å²) in [4.78, 5) is 30.2. The number of H-pyrrole nitrogens is 1. The number of hydrogen-bond donors (Lipinski definition) is 1. The van der Waals surface area contributed by atoms with Crippen LogP contribution in [0.25, 0.3) is 10.9 Å². The number of carbonyl (C=O) groups excluding carboxylic acids is 1. The topological polar surface area (TPSA) is 58.1 Å². The fraction of sp³-hybridized carbons (Fsp3) is 0.571. The molecule has 1 N–H and O–H groups in total. The molecule has 1 saturated heterocycles. The van der Waals surface area contributed by atoms with Crippen molar-refractivity contribution in [2.75, 3.05) is 13.1 Å². The third-order valence-electron chi connectivity index (χ3n) is 5.38. The number of fused-ring (bicyclic) bond motifs is 1. The van der Waals surface area contributed by atoms with Crippen LogP contribution in [0.15, 0.2) is 29.1 Å². The molecule has 0 radical (unpaired) electrons. The predicted octanol–water partition coefficient (Wildman–Crippen LogP) is 4.12. The monoisotopic (exact) mass is 387 g/mol. The second-order valence-corrected chi connectivity index (χ2v) is 8.37. The molecule has 5 nitrogen and oxygen atoms in total. The number of nitrogens with one attached hydrogen (secondary N) is 1. The number of likely N-dealkylation sites (tertiary alicyclic amines) is 1. The molecule has 1 fully saturated rings. The highest BCUT2D eigenvalue weighted by Crippen LogP contribution is 2.21. The maximum Gasteiger partial charge on any atom is 0.262 e. The number of piperidine rings is 1. The van der Waals surface area contributed by atoms with Crippen LogP contribution in [0, 0.1) is 16.6 Å². The van der Waals surface area contributed by atoms with Crippen LogP contribution < -0.4 is 5.56 Å². The molecule has 2 atom stereocenters. The first-order valence-electron chi connectivity index (χ1n) is 9.95. The van der Waals surface area contributed by atoms with Crippen LogP contribution in [0.2, 0.25) is 0 Å². The minimum Gasteiger partial charge on any atom is -0.342 e. The Kier molecular flexibility index (Phi) is 6.47. The zero-order valence-corrected chi connectivity index (χ0v) is 17.1. The number of nitrogens with zero attached hydrogens (tertiary/aromatic N) is 2. The molecule has 1 aromatic heterocycles. The Morgan fingerprint density at radius 2 is 1.85 bits per heavy atom. The van der Waals surface area contributed by atoms with Gasteiger partial charge in [-0.15, -0.1) is 0 Å².